The predicted molar refractivity (Wildman–Crippen MR) is 112 cm³/mol. The maximum atomic E-state index is 11.5. The second-order valence-electron chi connectivity index (χ2n) is 7.83. The molecular weight excluding hydrogens is 340 g/mol. The van der Waals surface area contributed by atoms with Crippen LogP contribution in [-0.2, 0) is 4.79 Å². The van der Waals surface area contributed by atoms with Crippen LogP contribution in [0.4, 0.5) is 0 Å². The quantitative estimate of drug-likeness (QED) is 0.316. The summed E-state index contributed by atoms with van der Waals surface area (Å²) in [5, 5.41) is 9.69. The van der Waals surface area contributed by atoms with Gasteiger partial charge in [0, 0.05) is 39.8 Å². The van der Waals surface area contributed by atoms with E-state index in [9.17, 15) is 4.79 Å². The third-order valence-corrected chi connectivity index (χ3v) is 5.69. The van der Waals surface area contributed by atoms with Crippen LogP contribution in [0.5, 0.6) is 0 Å². The van der Waals surface area contributed by atoms with Gasteiger partial charge in [0.25, 0.3) is 0 Å². The summed E-state index contributed by atoms with van der Waals surface area (Å²) in [6.45, 7) is 7.27. The lowest BCUT2D eigenvalue weighted by Crippen LogP contribution is -2.50. The highest BCUT2D eigenvalue weighted by Crippen LogP contribution is 2.11. The van der Waals surface area contributed by atoms with Crippen molar-refractivity contribution in [3.05, 3.63) is 0 Å². The lowest BCUT2D eigenvalue weighted by atomic mass is 10.1. The van der Waals surface area contributed by atoms with Gasteiger partial charge in [-0.15, -0.1) is 0 Å². The zero-order chi connectivity index (χ0) is 19.3. The van der Waals surface area contributed by atoms with Gasteiger partial charge in [-0.3, -0.25) is 14.7 Å². The van der Waals surface area contributed by atoms with E-state index in [2.05, 4.69) is 30.7 Å². The number of hydrogen-bond donors (Lipinski definition) is 3. The largest absolute Gasteiger partial charge is 0.358 e. The smallest absolute Gasteiger partial charge is 0.233 e. The molecule has 2 saturated heterocycles. The van der Waals surface area contributed by atoms with Crippen LogP contribution >= 0.6 is 0 Å². The maximum Gasteiger partial charge on any atom is 0.233 e. The fraction of sp³-hybridized carbons (Fsp3) is 0.900. The number of carbonyl (C=O) groups excluding carboxylic acids is 1. The van der Waals surface area contributed by atoms with Crippen LogP contribution < -0.4 is 16.0 Å². The van der Waals surface area contributed by atoms with Gasteiger partial charge in [-0.2, -0.15) is 0 Å². The molecule has 0 bridgehead atoms. The number of rotatable bonds is 9. The number of likely N-dealkylation sites (N-methyl/N-ethyl adjacent to an activating group) is 1. The topological polar surface area (TPSA) is 72.0 Å². The fourth-order valence-electron chi connectivity index (χ4n) is 3.93. The van der Waals surface area contributed by atoms with Crippen LogP contribution in [0.2, 0.25) is 0 Å². The number of aliphatic imine (C=N–C) groups is 1. The Morgan fingerprint density at radius 2 is 1.74 bits per heavy atom. The molecular formula is C20H40N6O. The number of carbonyl (C=O) groups is 1. The highest BCUT2D eigenvalue weighted by atomic mass is 16.1. The number of hydrogen-bond acceptors (Lipinski definition) is 4. The molecule has 2 rings (SSSR count). The van der Waals surface area contributed by atoms with E-state index in [4.69, 9.17) is 0 Å². The molecule has 0 aromatic heterocycles. The van der Waals surface area contributed by atoms with Crippen molar-refractivity contribution in [2.75, 3.05) is 59.9 Å². The molecule has 27 heavy (non-hydrogen) atoms. The zero-order valence-electron chi connectivity index (χ0n) is 17.4. The molecule has 0 saturated carbocycles. The molecule has 2 aliphatic heterocycles. The van der Waals surface area contributed by atoms with E-state index in [1.54, 1.807) is 7.05 Å². The average Bonchev–Trinajstić information content (AvgIpc) is 2.71. The van der Waals surface area contributed by atoms with E-state index in [0.717, 1.165) is 38.4 Å². The molecule has 3 N–H and O–H groups in total. The molecule has 2 fully saturated rings. The zero-order valence-corrected chi connectivity index (χ0v) is 17.4. The van der Waals surface area contributed by atoms with Crippen LogP contribution in [0.15, 0.2) is 4.99 Å². The summed E-state index contributed by atoms with van der Waals surface area (Å²) in [7, 11) is 3.53. The normalized spacial score (nSPS) is 20.4. The first-order chi connectivity index (χ1) is 13.2. The summed E-state index contributed by atoms with van der Waals surface area (Å²) in [5.74, 6) is 1.01. The van der Waals surface area contributed by atoms with Gasteiger partial charge in [0.1, 0.15) is 0 Å². The Morgan fingerprint density at radius 1 is 1.00 bits per heavy atom. The SMILES string of the molecule is CN=C(NCCCCCN1CCCCC1)NC1CCN(CC(=O)NC)CC1. The second kappa shape index (κ2) is 12.9. The van der Waals surface area contributed by atoms with Crippen LogP contribution in [-0.4, -0.2) is 87.6 Å². The molecule has 0 aliphatic carbocycles. The standard InChI is InChI=1S/C20H40N6O/c1-21-19(27)17-26-15-9-18(10-16-26)24-20(22-2)23-11-5-3-6-12-25-13-7-4-8-14-25/h18H,3-17H2,1-2H3,(H,21,27)(H2,22,23,24). The summed E-state index contributed by atoms with van der Waals surface area (Å²) in [6.07, 6.45) is 10.1. The van der Waals surface area contributed by atoms with Gasteiger partial charge in [-0.05, 0) is 58.2 Å². The van der Waals surface area contributed by atoms with Gasteiger partial charge < -0.3 is 20.9 Å². The first kappa shape index (κ1) is 22.0. The van der Waals surface area contributed by atoms with Crippen molar-refractivity contribution in [3.63, 3.8) is 0 Å². The minimum atomic E-state index is 0.0965. The molecule has 0 aromatic carbocycles. The summed E-state index contributed by atoms with van der Waals surface area (Å²) in [5.41, 5.74) is 0. The summed E-state index contributed by atoms with van der Waals surface area (Å²) < 4.78 is 0. The molecule has 0 spiro atoms. The van der Waals surface area contributed by atoms with E-state index in [1.165, 1.54) is 58.2 Å². The minimum Gasteiger partial charge on any atom is -0.358 e. The Kier molecular flexibility index (Phi) is 10.5. The highest BCUT2D eigenvalue weighted by Gasteiger charge is 2.21. The number of amides is 1. The van der Waals surface area contributed by atoms with Crippen LogP contribution in [0.25, 0.3) is 0 Å². The van der Waals surface area contributed by atoms with Crippen molar-refractivity contribution in [1.82, 2.24) is 25.8 Å². The monoisotopic (exact) mass is 380 g/mol. The van der Waals surface area contributed by atoms with Crippen LogP contribution in [0, 0.1) is 0 Å². The van der Waals surface area contributed by atoms with Crippen LogP contribution in [0.3, 0.4) is 0 Å². The van der Waals surface area contributed by atoms with Gasteiger partial charge in [0.05, 0.1) is 6.54 Å². The van der Waals surface area contributed by atoms with Gasteiger partial charge in [0.2, 0.25) is 5.91 Å². The Bertz CT molecular complexity index is 442. The molecule has 156 valence electrons. The molecule has 1 amide bonds. The van der Waals surface area contributed by atoms with Crippen LogP contribution in [0.1, 0.15) is 51.4 Å². The van der Waals surface area contributed by atoms with E-state index in [-0.39, 0.29) is 5.91 Å². The minimum absolute atomic E-state index is 0.0965. The number of piperidine rings is 2. The molecule has 0 unspecified atom stereocenters. The van der Waals surface area contributed by atoms with Crippen molar-refractivity contribution < 1.29 is 4.79 Å². The molecule has 0 radical (unpaired) electrons. The van der Waals surface area contributed by atoms with E-state index in [1.807, 2.05) is 7.05 Å². The van der Waals surface area contributed by atoms with E-state index in [0.29, 0.717) is 12.6 Å². The third kappa shape index (κ3) is 8.93. The van der Waals surface area contributed by atoms with Gasteiger partial charge in [-0.1, -0.05) is 12.8 Å². The lowest BCUT2D eigenvalue weighted by Gasteiger charge is -2.32. The van der Waals surface area contributed by atoms with Gasteiger partial charge in [0.15, 0.2) is 5.96 Å². The van der Waals surface area contributed by atoms with E-state index < -0.39 is 0 Å². The Hall–Kier alpha value is -1.34. The van der Waals surface area contributed by atoms with Crippen molar-refractivity contribution in [1.29, 1.82) is 0 Å². The molecule has 7 nitrogen and oxygen atoms in total. The highest BCUT2D eigenvalue weighted by molar-refractivity contribution is 5.80. The van der Waals surface area contributed by atoms with Crippen molar-refractivity contribution in [3.8, 4) is 0 Å². The summed E-state index contributed by atoms with van der Waals surface area (Å²) >= 11 is 0. The lowest BCUT2D eigenvalue weighted by molar-refractivity contribution is -0.122. The first-order valence-corrected chi connectivity index (χ1v) is 10.8. The molecule has 2 aliphatic rings. The molecule has 0 aromatic rings. The maximum absolute atomic E-state index is 11.5. The number of unbranched alkanes of at least 4 members (excludes halogenated alkanes) is 2. The van der Waals surface area contributed by atoms with Gasteiger partial charge >= 0.3 is 0 Å². The number of guanidine groups is 1. The molecule has 7 heteroatoms. The predicted octanol–water partition coefficient (Wildman–Crippen LogP) is 1.02. The van der Waals surface area contributed by atoms with Crippen molar-refractivity contribution in [2.45, 2.75) is 57.4 Å². The third-order valence-electron chi connectivity index (χ3n) is 5.69. The van der Waals surface area contributed by atoms with Crippen molar-refractivity contribution in [2.24, 2.45) is 4.99 Å². The summed E-state index contributed by atoms with van der Waals surface area (Å²) in [6, 6.07) is 0.441. The number of likely N-dealkylation sites (tertiary alicyclic amines) is 2. The number of nitrogens with zero attached hydrogens (tertiary/aromatic N) is 3. The average molecular weight is 381 g/mol. The van der Waals surface area contributed by atoms with Crippen molar-refractivity contribution >= 4 is 11.9 Å². The molecule has 2 heterocycles. The molecule has 0 atom stereocenters. The Morgan fingerprint density at radius 3 is 2.41 bits per heavy atom. The van der Waals surface area contributed by atoms with E-state index >= 15 is 0 Å². The summed E-state index contributed by atoms with van der Waals surface area (Å²) in [4.78, 5) is 20.7. The van der Waals surface area contributed by atoms with Gasteiger partial charge in [-0.25, -0.2) is 0 Å². The Labute approximate surface area is 165 Å². The Balaban J connectivity index is 1.51. The first-order valence-electron chi connectivity index (χ1n) is 10.8. The number of nitrogens with one attached hydrogen (secondary N) is 3. The second-order valence-corrected chi connectivity index (χ2v) is 7.83. The fourth-order valence-corrected chi connectivity index (χ4v) is 3.93.